The predicted octanol–water partition coefficient (Wildman–Crippen LogP) is 4.03. The Labute approximate surface area is 165 Å². The normalized spacial score (nSPS) is 11.9. The van der Waals surface area contributed by atoms with Crippen LogP contribution < -0.4 is 20.1 Å². The highest BCUT2D eigenvalue weighted by Gasteiger charge is 2.10. The van der Waals surface area contributed by atoms with Crippen LogP contribution in [0.4, 0.5) is 8.78 Å². The number of rotatable bonds is 9. The van der Waals surface area contributed by atoms with Gasteiger partial charge in [0.1, 0.15) is 11.5 Å². The molecule has 2 aromatic rings. The fourth-order valence-electron chi connectivity index (χ4n) is 2.37. The molecular formula is C19H21BrF2N2O3. The van der Waals surface area contributed by atoms with Gasteiger partial charge in [-0.3, -0.25) is 4.79 Å². The molecule has 0 bridgehead atoms. The third-order valence-electron chi connectivity index (χ3n) is 3.88. The lowest BCUT2D eigenvalue weighted by molar-refractivity contribution is -0.120. The number of methoxy groups -OCH3 is 1. The molecule has 0 spiro atoms. The van der Waals surface area contributed by atoms with Gasteiger partial charge in [0, 0.05) is 12.6 Å². The van der Waals surface area contributed by atoms with Crippen molar-refractivity contribution in [2.75, 3.05) is 13.7 Å². The van der Waals surface area contributed by atoms with Crippen molar-refractivity contribution in [2.45, 2.75) is 26.1 Å². The summed E-state index contributed by atoms with van der Waals surface area (Å²) < 4.78 is 34.6. The van der Waals surface area contributed by atoms with Gasteiger partial charge in [-0.2, -0.15) is 8.78 Å². The summed E-state index contributed by atoms with van der Waals surface area (Å²) in [7, 11) is 1.60. The number of ether oxygens (including phenoxy) is 2. The summed E-state index contributed by atoms with van der Waals surface area (Å²) in [6.45, 7) is -0.437. The fraction of sp³-hybridized carbons (Fsp3) is 0.316. The summed E-state index contributed by atoms with van der Waals surface area (Å²) in [5, 5.41) is 5.93. The van der Waals surface area contributed by atoms with E-state index in [1.807, 2.05) is 25.1 Å². The Balaban J connectivity index is 1.78. The molecule has 2 aromatic carbocycles. The second-order valence-corrected chi connectivity index (χ2v) is 6.65. The van der Waals surface area contributed by atoms with Crippen LogP contribution in [0.15, 0.2) is 46.9 Å². The smallest absolute Gasteiger partial charge is 0.387 e. The number of benzene rings is 2. The highest BCUT2D eigenvalue weighted by molar-refractivity contribution is 9.10. The van der Waals surface area contributed by atoms with E-state index in [0.29, 0.717) is 6.54 Å². The fourth-order valence-corrected chi connectivity index (χ4v) is 2.93. The number of alkyl halides is 2. The molecule has 0 saturated heterocycles. The van der Waals surface area contributed by atoms with Gasteiger partial charge in [0.15, 0.2) is 0 Å². The van der Waals surface area contributed by atoms with E-state index in [1.54, 1.807) is 19.2 Å². The van der Waals surface area contributed by atoms with Gasteiger partial charge in [-0.15, -0.1) is 0 Å². The van der Waals surface area contributed by atoms with Crippen LogP contribution in [0.5, 0.6) is 11.5 Å². The van der Waals surface area contributed by atoms with Crippen LogP contribution in [0.2, 0.25) is 0 Å². The number of hydrogen-bond donors (Lipinski definition) is 2. The molecule has 1 unspecified atom stereocenters. The first-order valence-corrected chi connectivity index (χ1v) is 9.05. The minimum absolute atomic E-state index is 0.0243. The lowest BCUT2D eigenvalue weighted by Crippen LogP contribution is -2.34. The zero-order valence-electron chi connectivity index (χ0n) is 15.0. The minimum Gasteiger partial charge on any atom is -0.496 e. The molecule has 0 aliphatic heterocycles. The van der Waals surface area contributed by atoms with Crippen LogP contribution in [0.1, 0.15) is 24.1 Å². The molecule has 2 N–H and O–H groups in total. The molecule has 0 aromatic heterocycles. The standard InChI is InChI=1S/C19H21BrF2N2O3/c1-12(14-5-8-17(26-2)16(20)9-14)23-11-18(25)24-10-13-3-6-15(7-4-13)27-19(21)22/h3-9,12,19,23H,10-11H2,1-2H3,(H,24,25). The van der Waals surface area contributed by atoms with Crippen molar-refractivity contribution < 1.29 is 23.0 Å². The van der Waals surface area contributed by atoms with E-state index < -0.39 is 6.61 Å². The zero-order valence-corrected chi connectivity index (χ0v) is 16.6. The predicted molar refractivity (Wildman–Crippen MR) is 102 cm³/mol. The van der Waals surface area contributed by atoms with Gasteiger partial charge in [-0.05, 0) is 58.2 Å². The second kappa shape index (κ2) is 10.2. The van der Waals surface area contributed by atoms with Crippen molar-refractivity contribution in [1.29, 1.82) is 0 Å². The van der Waals surface area contributed by atoms with Crippen LogP contribution in [0.25, 0.3) is 0 Å². The first kappa shape index (κ1) is 21.1. The van der Waals surface area contributed by atoms with Gasteiger partial charge in [-0.1, -0.05) is 18.2 Å². The van der Waals surface area contributed by atoms with E-state index in [4.69, 9.17) is 4.74 Å². The van der Waals surface area contributed by atoms with Crippen molar-refractivity contribution in [2.24, 2.45) is 0 Å². The van der Waals surface area contributed by atoms with Crippen LogP contribution in [-0.4, -0.2) is 26.2 Å². The van der Waals surface area contributed by atoms with Crippen molar-refractivity contribution in [1.82, 2.24) is 10.6 Å². The lowest BCUT2D eigenvalue weighted by Gasteiger charge is -2.15. The molecule has 0 aliphatic carbocycles. The van der Waals surface area contributed by atoms with Crippen molar-refractivity contribution >= 4 is 21.8 Å². The maximum Gasteiger partial charge on any atom is 0.387 e. The number of halogens is 3. The third-order valence-corrected chi connectivity index (χ3v) is 4.50. The maximum absolute atomic E-state index is 12.1. The number of carbonyl (C=O) groups is 1. The molecule has 8 heteroatoms. The van der Waals surface area contributed by atoms with Gasteiger partial charge in [0.05, 0.1) is 18.1 Å². The molecule has 0 saturated carbocycles. The van der Waals surface area contributed by atoms with Gasteiger partial charge in [-0.25, -0.2) is 0 Å². The molecule has 1 atom stereocenters. The topological polar surface area (TPSA) is 59.6 Å². The first-order valence-electron chi connectivity index (χ1n) is 8.26. The van der Waals surface area contributed by atoms with Gasteiger partial charge >= 0.3 is 6.61 Å². The Morgan fingerprint density at radius 2 is 1.89 bits per heavy atom. The zero-order chi connectivity index (χ0) is 19.8. The second-order valence-electron chi connectivity index (χ2n) is 5.80. The van der Waals surface area contributed by atoms with Gasteiger partial charge in [0.2, 0.25) is 5.91 Å². The number of nitrogens with one attached hydrogen (secondary N) is 2. The molecule has 2 rings (SSSR count). The highest BCUT2D eigenvalue weighted by atomic mass is 79.9. The molecule has 146 valence electrons. The average Bonchev–Trinajstić information content (AvgIpc) is 2.65. The Hall–Kier alpha value is -2.19. The summed E-state index contributed by atoms with van der Waals surface area (Å²) in [6.07, 6.45) is 0. The molecular weight excluding hydrogens is 422 g/mol. The van der Waals surface area contributed by atoms with Crippen LogP contribution in [0, 0.1) is 0 Å². The van der Waals surface area contributed by atoms with E-state index in [9.17, 15) is 13.6 Å². The Morgan fingerprint density at radius 3 is 2.48 bits per heavy atom. The number of amides is 1. The molecule has 27 heavy (non-hydrogen) atoms. The molecule has 0 heterocycles. The average molecular weight is 443 g/mol. The van der Waals surface area contributed by atoms with Crippen molar-refractivity contribution in [3.8, 4) is 11.5 Å². The number of carbonyl (C=O) groups excluding carboxylic acids is 1. The monoisotopic (exact) mass is 442 g/mol. The summed E-state index contributed by atoms with van der Waals surface area (Å²) >= 11 is 3.44. The SMILES string of the molecule is COc1ccc(C(C)NCC(=O)NCc2ccc(OC(F)F)cc2)cc1Br. The van der Waals surface area contributed by atoms with Gasteiger partial charge < -0.3 is 20.1 Å². The van der Waals surface area contributed by atoms with E-state index >= 15 is 0 Å². The first-order chi connectivity index (χ1) is 12.9. The Kier molecular flexibility index (Phi) is 7.99. The Morgan fingerprint density at radius 1 is 1.19 bits per heavy atom. The number of hydrogen-bond acceptors (Lipinski definition) is 4. The maximum atomic E-state index is 12.1. The molecule has 0 aliphatic rings. The molecule has 1 amide bonds. The van der Waals surface area contributed by atoms with Gasteiger partial charge in [0.25, 0.3) is 0 Å². The molecule has 0 fully saturated rings. The largest absolute Gasteiger partial charge is 0.496 e. The summed E-state index contributed by atoms with van der Waals surface area (Å²) in [4.78, 5) is 12.0. The van der Waals surface area contributed by atoms with E-state index in [0.717, 1.165) is 21.3 Å². The quantitative estimate of drug-likeness (QED) is 0.615. The summed E-state index contributed by atoms with van der Waals surface area (Å²) in [5.41, 5.74) is 1.81. The van der Waals surface area contributed by atoms with Crippen molar-refractivity contribution in [3.05, 3.63) is 58.1 Å². The van der Waals surface area contributed by atoms with Crippen LogP contribution in [-0.2, 0) is 11.3 Å². The lowest BCUT2D eigenvalue weighted by atomic mass is 10.1. The molecule has 5 nitrogen and oxygen atoms in total. The summed E-state index contributed by atoms with van der Waals surface area (Å²) in [5.74, 6) is 0.664. The minimum atomic E-state index is -2.85. The van der Waals surface area contributed by atoms with E-state index in [1.165, 1.54) is 12.1 Å². The third kappa shape index (κ3) is 6.80. The Bertz CT molecular complexity index is 757. The highest BCUT2D eigenvalue weighted by Crippen LogP contribution is 2.27. The van der Waals surface area contributed by atoms with E-state index in [-0.39, 0.29) is 24.2 Å². The van der Waals surface area contributed by atoms with Crippen LogP contribution >= 0.6 is 15.9 Å². The van der Waals surface area contributed by atoms with Crippen LogP contribution in [0.3, 0.4) is 0 Å². The van der Waals surface area contributed by atoms with Crippen molar-refractivity contribution in [3.63, 3.8) is 0 Å². The van der Waals surface area contributed by atoms with E-state index in [2.05, 4.69) is 31.3 Å². The molecule has 0 radical (unpaired) electrons. The summed E-state index contributed by atoms with van der Waals surface area (Å²) in [6, 6.07) is 11.8.